The third kappa shape index (κ3) is 2.76. The van der Waals surface area contributed by atoms with Gasteiger partial charge in [-0.2, -0.15) is 13.2 Å². The van der Waals surface area contributed by atoms with Crippen LogP contribution >= 0.6 is 21.3 Å². The van der Waals surface area contributed by atoms with Crippen LogP contribution in [0.4, 0.5) is 24.5 Å². The maximum Gasteiger partial charge on any atom is 0.416 e. The fraction of sp³-hybridized carbons (Fsp3) is 0.200. The van der Waals surface area contributed by atoms with Crippen LogP contribution in [0.15, 0.2) is 33.2 Å². The largest absolute Gasteiger partial charge is 0.416 e. The Labute approximate surface area is 107 Å². The Kier molecular flexibility index (Phi) is 3.11. The number of nitrogen functional groups attached to an aromatic ring is 1. The molecule has 0 saturated heterocycles. The van der Waals surface area contributed by atoms with Crippen molar-refractivity contribution in [1.29, 1.82) is 0 Å². The number of rotatable bonds is 1. The molecule has 1 aliphatic heterocycles. The predicted molar refractivity (Wildman–Crippen MR) is 68.5 cm³/mol. The van der Waals surface area contributed by atoms with Gasteiger partial charge in [0.25, 0.3) is 0 Å². The van der Waals surface area contributed by atoms with Crippen molar-refractivity contribution in [3.63, 3.8) is 0 Å². The summed E-state index contributed by atoms with van der Waals surface area (Å²) in [7, 11) is 0. The first kappa shape index (κ1) is 12.3. The van der Waals surface area contributed by atoms with Crippen LogP contribution in [0, 0.1) is 0 Å². The molecule has 0 aromatic heterocycles. The number of nitrogens with two attached hydrogens (primary N) is 1. The second-order valence-electron chi connectivity index (χ2n) is 3.55. The molecule has 1 heterocycles. The summed E-state index contributed by atoms with van der Waals surface area (Å²) in [6, 6.07) is 3.56. The molecule has 1 aromatic rings. The van der Waals surface area contributed by atoms with E-state index in [1.54, 1.807) is 9.31 Å². The number of hydrogen-bond donors (Lipinski definition) is 1. The molecule has 0 unspecified atom stereocenters. The second kappa shape index (κ2) is 4.28. The molecule has 0 saturated carbocycles. The van der Waals surface area contributed by atoms with Crippen LogP contribution in [0.3, 0.4) is 0 Å². The highest BCUT2D eigenvalue weighted by Gasteiger charge is 2.31. The number of benzene rings is 1. The number of hydrogen-bond acceptors (Lipinski definition) is 3. The quantitative estimate of drug-likeness (QED) is 0.469. The van der Waals surface area contributed by atoms with Gasteiger partial charge in [-0.05, 0) is 25.1 Å². The highest BCUT2D eigenvalue weighted by molar-refractivity contribution is 14.2. The van der Waals surface area contributed by atoms with E-state index in [0.717, 1.165) is 17.8 Å². The van der Waals surface area contributed by atoms with Gasteiger partial charge in [0.1, 0.15) is 21.3 Å². The first-order valence-electron chi connectivity index (χ1n) is 4.67. The van der Waals surface area contributed by atoms with E-state index in [-0.39, 0.29) is 5.69 Å². The third-order valence-electron chi connectivity index (χ3n) is 2.07. The van der Waals surface area contributed by atoms with E-state index in [4.69, 9.17) is 5.73 Å². The van der Waals surface area contributed by atoms with Crippen LogP contribution < -0.4 is 8.85 Å². The zero-order valence-corrected chi connectivity index (χ0v) is 11.0. The van der Waals surface area contributed by atoms with Crippen LogP contribution in [-0.4, -0.2) is 0 Å². The molecule has 92 valence electrons. The Morgan fingerprint density at radius 1 is 1.29 bits per heavy atom. The number of nitrogens with zero attached hydrogens (tertiary/aromatic N) is 2. The Morgan fingerprint density at radius 2 is 2.00 bits per heavy atom. The fourth-order valence-electron chi connectivity index (χ4n) is 1.35. The molecule has 2 N–H and O–H groups in total. The van der Waals surface area contributed by atoms with Crippen LogP contribution in [0.25, 0.3) is 0 Å². The Hall–Kier alpha value is -1.12. The van der Waals surface area contributed by atoms with Crippen molar-refractivity contribution in [1.82, 2.24) is 0 Å². The van der Waals surface area contributed by atoms with Crippen molar-refractivity contribution in [2.24, 2.45) is 3.15 Å². The summed E-state index contributed by atoms with van der Waals surface area (Å²) in [4.78, 5) is 0. The van der Waals surface area contributed by atoms with Gasteiger partial charge in [-0.3, -0.25) is 3.11 Å². The summed E-state index contributed by atoms with van der Waals surface area (Å²) >= 11 is -0.662. The predicted octanol–water partition coefficient (Wildman–Crippen LogP) is 4.04. The van der Waals surface area contributed by atoms with Crippen molar-refractivity contribution in [3.8, 4) is 0 Å². The molecule has 2 rings (SSSR count). The summed E-state index contributed by atoms with van der Waals surface area (Å²) in [5.41, 5.74) is 6.15. The standard InChI is InChI=1S/C10H9F3IN3/c1-6-5-17(14-16-6)9-3-7(10(11,12)13)2-8(15)4-9/h2-5H,15H2,1H3. The molecule has 7 heteroatoms. The van der Waals surface area contributed by atoms with Crippen LogP contribution in [0.1, 0.15) is 12.5 Å². The Balaban J connectivity index is 2.43. The molecule has 0 spiro atoms. The molecule has 0 atom stereocenters. The first-order valence-corrected chi connectivity index (χ1v) is 6.60. The summed E-state index contributed by atoms with van der Waals surface area (Å²) in [6.45, 7) is 1.82. The number of anilines is 2. The maximum absolute atomic E-state index is 12.6. The van der Waals surface area contributed by atoms with E-state index < -0.39 is 33.0 Å². The second-order valence-corrected chi connectivity index (χ2v) is 5.51. The normalized spacial score (nSPS) is 15.8. The van der Waals surface area contributed by atoms with Crippen LogP contribution in [0.5, 0.6) is 0 Å². The number of halogens is 4. The van der Waals surface area contributed by atoms with E-state index >= 15 is 0 Å². The van der Waals surface area contributed by atoms with Crippen molar-refractivity contribution in [2.75, 3.05) is 8.85 Å². The minimum Gasteiger partial charge on any atom is -0.399 e. The van der Waals surface area contributed by atoms with E-state index in [1.807, 2.05) is 6.92 Å². The third-order valence-corrected chi connectivity index (χ3v) is 4.34. The SMILES string of the molecule is CC1=CN(c2cc(N)cc(C(F)(F)F)c2)I=N1. The monoisotopic (exact) mass is 355 g/mol. The zero-order chi connectivity index (χ0) is 12.6. The Bertz CT molecular complexity index is 508. The number of alkyl halides is 3. The summed E-state index contributed by atoms with van der Waals surface area (Å²) < 4.78 is 43.7. The smallest absolute Gasteiger partial charge is 0.399 e. The minimum atomic E-state index is -4.38. The molecule has 0 fully saturated rings. The van der Waals surface area contributed by atoms with Crippen molar-refractivity contribution in [2.45, 2.75) is 13.1 Å². The average Bonchev–Trinajstić information content (AvgIpc) is 2.62. The molecule has 1 aliphatic rings. The van der Waals surface area contributed by atoms with Gasteiger partial charge in [0.2, 0.25) is 0 Å². The van der Waals surface area contributed by atoms with Gasteiger partial charge in [0.05, 0.1) is 16.9 Å². The van der Waals surface area contributed by atoms with E-state index in [9.17, 15) is 13.2 Å². The van der Waals surface area contributed by atoms with E-state index in [1.165, 1.54) is 6.07 Å². The lowest BCUT2D eigenvalue weighted by Gasteiger charge is -2.14. The average molecular weight is 355 g/mol. The molecular formula is C10H9F3IN3. The lowest BCUT2D eigenvalue weighted by Crippen LogP contribution is -2.08. The summed E-state index contributed by atoms with van der Waals surface area (Å²) in [5, 5.41) is 0. The van der Waals surface area contributed by atoms with Gasteiger partial charge in [0, 0.05) is 11.9 Å². The molecule has 0 radical (unpaired) electrons. The fourth-order valence-corrected chi connectivity index (χ4v) is 3.10. The molecular weight excluding hydrogens is 346 g/mol. The van der Waals surface area contributed by atoms with Crippen molar-refractivity contribution in [3.05, 3.63) is 35.7 Å². The van der Waals surface area contributed by atoms with Gasteiger partial charge >= 0.3 is 6.18 Å². The highest BCUT2D eigenvalue weighted by Crippen LogP contribution is 2.37. The molecule has 1 aromatic carbocycles. The zero-order valence-electron chi connectivity index (χ0n) is 8.79. The van der Waals surface area contributed by atoms with Crippen LogP contribution in [-0.2, 0) is 6.18 Å². The summed E-state index contributed by atoms with van der Waals surface area (Å²) in [6.07, 6.45) is -2.64. The number of allylic oxidation sites excluding steroid dienone is 1. The van der Waals surface area contributed by atoms with Gasteiger partial charge in [0.15, 0.2) is 0 Å². The van der Waals surface area contributed by atoms with Gasteiger partial charge in [-0.1, -0.05) is 0 Å². The summed E-state index contributed by atoms with van der Waals surface area (Å²) in [5.74, 6) is 0. The molecule has 0 amide bonds. The topological polar surface area (TPSA) is 41.6 Å². The molecule has 0 aliphatic carbocycles. The van der Waals surface area contributed by atoms with Crippen molar-refractivity contribution < 1.29 is 13.2 Å². The lowest BCUT2D eigenvalue weighted by molar-refractivity contribution is -0.137. The van der Waals surface area contributed by atoms with Crippen LogP contribution in [0.2, 0.25) is 0 Å². The van der Waals surface area contributed by atoms with Crippen molar-refractivity contribution >= 4 is 32.7 Å². The van der Waals surface area contributed by atoms with Gasteiger partial charge < -0.3 is 5.73 Å². The highest BCUT2D eigenvalue weighted by atomic mass is 127. The van der Waals surface area contributed by atoms with E-state index in [0.29, 0.717) is 5.69 Å². The van der Waals surface area contributed by atoms with Gasteiger partial charge in [-0.15, -0.1) is 0 Å². The molecule has 3 nitrogen and oxygen atoms in total. The van der Waals surface area contributed by atoms with E-state index in [2.05, 4.69) is 3.15 Å². The molecule has 0 bridgehead atoms. The Morgan fingerprint density at radius 3 is 2.53 bits per heavy atom. The lowest BCUT2D eigenvalue weighted by atomic mass is 10.1. The molecule has 17 heavy (non-hydrogen) atoms. The van der Waals surface area contributed by atoms with Gasteiger partial charge in [-0.25, -0.2) is 3.15 Å². The first-order chi connectivity index (χ1) is 7.86. The minimum absolute atomic E-state index is 0.108. The maximum atomic E-state index is 12.6.